The minimum absolute atomic E-state index is 0.140. The second-order valence-electron chi connectivity index (χ2n) is 5.02. The van der Waals surface area contributed by atoms with E-state index in [0.717, 1.165) is 16.0 Å². The van der Waals surface area contributed by atoms with Crippen LogP contribution in [0.2, 0.25) is 5.02 Å². The van der Waals surface area contributed by atoms with Gasteiger partial charge in [0, 0.05) is 15.5 Å². The van der Waals surface area contributed by atoms with Crippen LogP contribution in [-0.4, -0.2) is 14.6 Å². The van der Waals surface area contributed by atoms with E-state index < -0.39 is 0 Å². The topological polar surface area (TPSA) is 47.3 Å². The summed E-state index contributed by atoms with van der Waals surface area (Å²) in [4.78, 5) is 18.6. The Morgan fingerprint density at radius 1 is 1.30 bits per heavy atom. The molecule has 0 aliphatic rings. The Balaban J connectivity index is 1.86. The van der Waals surface area contributed by atoms with Gasteiger partial charge < -0.3 is 0 Å². The van der Waals surface area contributed by atoms with Gasteiger partial charge in [-0.2, -0.15) is 9.50 Å². The van der Waals surface area contributed by atoms with Crippen molar-refractivity contribution in [3.63, 3.8) is 0 Å². The molecule has 23 heavy (non-hydrogen) atoms. The summed E-state index contributed by atoms with van der Waals surface area (Å²) in [7, 11) is 0. The lowest BCUT2D eigenvalue weighted by atomic mass is 10.2. The van der Waals surface area contributed by atoms with Crippen LogP contribution >= 0.6 is 34.3 Å². The molecule has 0 aliphatic carbocycles. The van der Waals surface area contributed by atoms with E-state index in [0.29, 0.717) is 20.3 Å². The van der Waals surface area contributed by atoms with Crippen molar-refractivity contribution in [2.45, 2.75) is 6.92 Å². The molecule has 0 atom stereocenters. The molecule has 3 heterocycles. The summed E-state index contributed by atoms with van der Waals surface area (Å²) < 4.78 is 2.00. The maximum atomic E-state index is 12.5. The molecule has 1 aromatic carbocycles. The predicted octanol–water partition coefficient (Wildman–Crippen LogP) is 3.39. The van der Waals surface area contributed by atoms with Gasteiger partial charge in [0.25, 0.3) is 5.56 Å². The highest BCUT2D eigenvalue weighted by Crippen LogP contribution is 2.20. The molecular formula is C16H10ClN3OS2. The highest BCUT2D eigenvalue weighted by molar-refractivity contribution is 7.15. The summed E-state index contributed by atoms with van der Waals surface area (Å²) >= 11 is 8.95. The molecule has 0 amide bonds. The summed E-state index contributed by atoms with van der Waals surface area (Å²) in [6.45, 7) is 2.03. The lowest BCUT2D eigenvalue weighted by Gasteiger charge is -1.94. The Morgan fingerprint density at radius 2 is 2.17 bits per heavy atom. The number of halogens is 1. The van der Waals surface area contributed by atoms with Crippen molar-refractivity contribution in [3.05, 3.63) is 66.1 Å². The first kappa shape index (κ1) is 14.6. The van der Waals surface area contributed by atoms with Gasteiger partial charge >= 0.3 is 0 Å². The zero-order valence-corrected chi connectivity index (χ0v) is 14.4. The van der Waals surface area contributed by atoms with Gasteiger partial charge in [-0.1, -0.05) is 35.1 Å². The minimum Gasteiger partial charge on any atom is -0.266 e. The van der Waals surface area contributed by atoms with E-state index >= 15 is 0 Å². The third kappa shape index (κ3) is 2.59. The van der Waals surface area contributed by atoms with Crippen LogP contribution in [0.3, 0.4) is 0 Å². The second kappa shape index (κ2) is 5.56. The second-order valence-corrected chi connectivity index (χ2v) is 7.42. The first-order valence-electron chi connectivity index (χ1n) is 6.83. The standard InChI is InChI=1S/C16H10ClN3OS2/c1-9-5-6-22-12(9)8-13-15(21)20-16(23-13)18-14(19-20)10-3-2-4-11(17)7-10/h2-8H,1H3. The fraction of sp³-hybridized carbons (Fsp3) is 0.0625. The Morgan fingerprint density at radius 3 is 2.87 bits per heavy atom. The summed E-state index contributed by atoms with van der Waals surface area (Å²) in [6.07, 6.45) is 1.91. The molecule has 0 radical (unpaired) electrons. The smallest absolute Gasteiger partial charge is 0.266 e. The summed E-state index contributed by atoms with van der Waals surface area (Å²) in [6, 6.07) is 9.32. The molecule has 0 bridgehead atoms. The van der Waals surface area contributed by atoms with E-state index in [1.54, 1.807) is 23.5 Å². The Bertz CT molecular complexity index is 1130. The van der Waals surface area contributed by atoms with Crippen LogP contribution in [-0.2, 0) is 0 Å². The Hall–Kier alpha value is -2.02. The van der Waals surface area contributed by atoms with Crippen LogP contribution in [0.15, 0.2) is 40.5 Å². The molecule has 0 spiro atoms. The van der Waals surface area contributed by atoms with Crippen molar-refractivity contribution in [1.82, 2.24) is 14.6 Å². The van der Waals surface area contributed by atoms with E-state index in [-0.39, 0.29) is 5.56 Å². The molecule has 0 saturated heterocycles. The summed E-state index contributed by atoms with van der Waals surface area (Å²) in [5.41, 5.74) is 1.82. The van der Waals surface area contributed by atoms with E-state index in [2.05, 4.69) is 10.1 Å². The molecule has 0 N–H and O–H groups in total. The molecule has 7 heteroatoms. The van der Waals surface area contributed by atoms with Gasteiger partial charge in [0.15, 0.2) is 5.82 Å². The van der Waals surface area contributed by atoms with Crippen LogP contribution in [0.1, 0.15) is 10.4 Å². The van der Waals surface area contributed by atoms with Crippen molar-refractivity contribution in [2.24, 2.45) is 0 Å². The highest BCUT2D eigenvalue weighted by atomic mass is 35.5. The van der Waals surface area contributed by atoms with Crippen LogP contribution in [0.4, 0.5) is 0 Å². The van der Waals surface area contributed by atoms with Gasteiger partial charge in [-0.05, 0) is 42.1 Å². The van der Waals surface area contributed by atoms with Gasteiger partial charge in [-0.15, -0.1) is 16.4 Å². The fourth-order valence-electron chi connectivity index (χ4n) is 2.23. The number of nitrogens with zero attached hydrogens (tertiary/aromatic N) is 3. The maximum absolute atomic E-state index is 12.5. The summed E-state index contributed by atoms with van der Waals surface area (Å²) in [5, 5.41) is 6.95. The molecule has 4 aromatic rings. The number of benzene rings is 1. The first-order chi connectivity index (χ1) is 11.1. The lowest BCUT2D eigenvalue weighted by molar-refractivity contribution is 0.937. The van der Waals surface area contributed by atoms with Crippen molar-refractivity contribution < 1.29 is 0 Å². The predicted molar refractivity (Wildman–Crippen MR) is 95.4 cm³/mol. The number of thiazole rings is 1. The SMILES string of the molecule is Cc1ccsc1C=c1sc2nc(-c3cccc(Cl)c3)nn2c1=O. The molecule has 0 fully saturated rings. The van der Waals surface area contributed by atoms with Crippen molar-refractivity contribution in [2.75, 3.05) is 0 Å². The number of thiophene rings is 1. The third-order valence-corrected chi connectivity index (χ3v) is 5.59. The van der Waals surface area contributed by atoms with Gasteiger partial charge in [-0.25, -0.2) is 0 Å². The average Bonchev–Trinajstić information content (AvgIpc) is 3.19. The van der Waals surface area contributed by atoms with Gasteiger partial charge in [0.1, 0.15) is 0 Å². The highest BCUT2D eigenvalue weighted by Gasteiger charge is 2.12. The van der Waals surface area contributed by atoms with Crippen LogP contribution in [0.5, 0.6) is 0 Å². The number of aryl methyl sites for hydroxylation is 1. The lowest BCUT2D eigenvalue weighted by Crippen LogP contribution is -2.23. The number of aromatic nitrogens is 3. The van der Waals surface area contributed by atoms with Gasteiger partial charge in [0.05, 0.1) is 4.53 Å². The molecule has 0 saturated carbocycles. The molecule has 4 rings (SSSR count). The first-order valence-corrected chi connectivity index (χ1v) is 8.90. The quantitative estimate of drug-likeness (QED) is 0.551. The molecule has 114 valence electrons. The maximum Gasteiger partial charge on any atom is 0.291 e. The molecule has 4 nitrogen and oxygen atoms in total. The fourth-order valence-corrected chi connectivity index (χ4v) is 4.25. The summed E-state index contributed by atoms with van der Waals surface area (Å²) in [5.74, 6) is 0.509. The third-order valence-electron chi connectivity index (χ3n) is 3.43. The zero-order valence-electron chi connectivity index (χ0n) is 12.0. The van der Waals surface area contributed by atoms with Crippen LogP contribution in [0, 0.1) is 6.92 Å². The molecule has 3 aromatic heterocycles. The van der Waals surface area contributed by atoms with Crippen molar-refractivity contribution in [1.29, 1.82) is 0 Å². The van der Waals surface area contributed by atoms with E-state index in [1.165, 1.54) is 15.9 Å². The van der Waals surface area contributed by atoms with E-state index in [1.807, 2.05) is 36.6 Å². The minimum atomic E-state index is -0.140. The molecule has 0 unspecified atom stereocenters. The number of hydrogen-bond acceptors (Lipinski definition) is 5. The molecular weight excluding hydrogens is 350 g/mol. The number of fused-ring (bicyclic) bond motifs is 1. The normalized spacial score (nSPS) is 12.3. The van der Waals surface area contributed by atoms with Crippen LogP contribution in [0.25, 0.3) is 22.4 Å². The average molecular weight is 360 g/mol. The van der Waals surface area contributed by atoms with Crippen molar-refractivity contribution >= 4 is 45.3 Å². The number of hydrogen-bond donors (Lipinski definition) is 0. The Kier molecular flexibility index (Phi) is 3.52. The zero-order chi connectivity index (χ0) is 16.0. The Labute approximate surface area is 144 Å². The monoisotopic (exact) mass is 359 g/mol. The molecule has 0 aliphatic heterocycles. The largest absolute Gasteiger partial charge is 0.291 e. The van der Waals surface area contributed by atoms with Gasteiger partial charge in [0.2, 0.25) is 4.96 Å². The van der Waals surface area contributed by atoms with E-state index in [9.17, 15) is 4.79 Å². The van der Waals surface area contributed by atoms with Crippen LogP contribution < -0.4 is 10.1 Å². The van der Waals surface area contributed by atoms with Crippen molar-refractivity contribution in [3.8, 4) is 11.4 Å². The number of rotatable bonds is 2. The van der Waals surface area contributed by atoms with Gasteiger partial charge in [-0.3, -0.25) is 4.79 Å². The van der Waals surface area contributed by atoms with E-state index in [4.69, 9.17) is 11.6 Å².